The average Bonchev–Trinajstić information content (AvgIpc) is 3.08. The predicted octanol–water partition coefficient (Wildman–Crippen LogP) is 1.45. The lowest BCUT2D eigenvalue weighted by atomic mass is 9.75. The van der Waals surface area contributed by atoms with Crippen LogP contribution in [-0.4, -0.2) is 26.9 Å². The van der Waals surface area contributed by atoms with Gasteiger partial charge in [0.2, 0.25) is 0 Å². The highest BCUT2D eigenvalue weighted by Gasteiger charge is 2.44. The molecule has 1 aliphatic carbocycles. The number of ether oxygens (including phenoxy) is 1. The first-order valence-corrected chi connectivity index (χ1v) is 9.14. The minimum Gasteiger partial charge on any atom is -0.496 e. The van der Waals surface area contributed by atoms with E-state index in [1.165, 1.54) is 5.56 Å². The molecule has 0 bridgehead atoms. The zero-order valence-corrected chi connectivity index (χ0v) is 16.0. The van der Waals surface area contributed by atoms with Crippen LogP contribution in [0.5, 0.6) is 5.75 Å². The smallest absolute Gasteiger partial charge is 0.349 e. The first-order valence-electron chi connectivity index (χ1n) is 8.73. The van der Waals surface area contributed by atoms with Crippen LogP contribution in [-0.2, 0) is 11.8 Å². The summed E-state index contributed by atoms with van der Waals surface area (Å²) in [6, 6.07) is 13.4. The van der Waals surface area contributed by atoms with Crippen LogP contribution in [0.2, 0.25) is 0 Å². The number of nitrogens with two attached hydrogens (primary N) is 1. The van der Waals surface area contributed by atoms with Crippen LogP contribution in [0, 0.1) is 0 Å². The molecule has 7 nitrogen and oxygen atoms in total. The van der Waals surface area contributed by atoms with Crippen molar-refractivity contribution in [3.63, 3.8) is 0 Å². The molecule has 2 aromatic carbocycles. The number of benzene rings is 2. The molecule has 1 unspecified atom stereocenters. The molecule has 0 amide bonds. The Labute approximate surface area is 165 Å². The number of thiocarbonyl (C=S) groups is 1. The highest BCUT2D eigenvalue weighted by atomic mass is 32.1. The van der Waals surface area contributed by atoms with Crippen molar-refractivity contribution in [2.24, 2.45) is 5.73 Å². The lowest BCUT2D eigenvalue weighted by Crippen LogP contribution is -2.39. The lowest BCUT2D eigenvalue weighted by Gasteiger charge is -2.31. The van der Waals surface area contributed by atoms with Gasteiger partial charge in [-0.15, -0.1) is 0 Å². The molecule has 1 aliphatic rings. The largest absolute Gasteiger partial charge is 0.496 e. The summed E-state index contributed by atoms with van der Waals surface area (Å²) in [5.41, 5.74) is 8.03. The Bertz CT molecular complexity index is 1200. The van der Waals surface area contributed by atoms with Gasteiger partial charge in [-0.1, -0.05) is 42.5 Å². The van der Waals surface area contributed by atoms with Crippen LogP contribution < -0.4 is 21.7 Å². The zero-order valence-electron chi connectivity index (χ0n) is 15.1. The molecule has 0 saturated carbocycles. The van der Waals surface area contributed by atoms with Gasteiger partial charge in [0.05, 0.1) is 23.2 Å². The molecule has 3 aromatic rings. The Morgan fingerprint density at radius 3 is 2.75 bits per heavy atom. The Balaban J connectivity index is 1.92. The molecule has 3 N–H and O–H groups in total. The fourth-order valence-corrected chi connectivity index (χ4v) is 4.30. The van der Waals surface area contributed by atoms with Gasteiger partial charge in [-0.3, -0.25) is 9.78 Å². The molecule has 28 heavy (non-hydrogen) atoms. The average molecular weight is 394 g/mol. The summed E-state index contributed by atoms with van der Waals surface area (Å²) in [5.74, 6) is 0.543. The van der Waals surface area contributed by atoms with E-state index < -0.39 is 16.7 Å². The van der Waals surface area contributed by atoms with Crippen molar-refractivity contribution >= 4 is 17.2 Å². The predicted molar refractivity (Wildman–Crippen MR) is 109 cm³/mol. The number of methoxy groups -OCH3 is 1. The third kappa shape index (κ3) is 2.65. The Kier molecular flexibility index (Phi) is 4.35. The highest BCUT2D eigenvalue weighted by Crippen LogP contribution is 2.47. The number of H-pyrrole nitrogens is 1. The maximum Gasteiger partial charge on any atom is 0.349 e. The maximum atomic E-state index is 12.1. The van der Waals surface area contributed by atoms with Crippen molar-refractivity contribution in [3.8, 4) is 11.4 Å². The number of aromatic amines is 1. The molecule has 0 spiro atoms. The number of hydrogen-bond donors (Lipinski definition) is 2. The van der Waals surface area contributed by atoms with E-state index in [2.05, 4.69) is 16.1 Å². The third-order valence-corrected chi connectivity index (χ3v) is 5.62. The molecule has 4 rings (SSSR count). The van der Waals surface area contributed by atoms with Gasteiger partial charge in [-0.05, 0) is 30.0 Å². The van der Waals surface area contributed by atoms with Gasteiger partial charge in [0, 0.05) is 11.6 Å². The molecular formula is C20H18N4O3S. The van der Waals surface area contributed by atoms with Crippen LogP contribution in [0.4, 0.5) is 0 Å². The van der Waals surface area contributed by atoms with E-state index in [1.54, 1.807) is 19.2 Å². The van der Waals surface area contributed by atoms with Crippen LogP contribution in [0.1, 0.15) is 23.1 Å². The molecule has 0 aliphatic heterocycles. The molecule has 1 heterocycles. The number of nitrogens with zero attached hydrogens (tertiary/aromatic N) is 2. The van der Waals surface area contributed by atoms with Crippen molar-refractivity contribution in [2.75, 3.05) is 7.11 Å². The minimum atomic E-state index is -0.640. The molecule has 0 fully saturated rings. The maximum absolute atomic E-state index is 12.1. The SMILES string of the molecule is COc1cc(-n2ncc(=O)[nH]c2=O)ccc1C1(C(N)=S)CCc2ccccc21. The Morgan fingerprint density at radius 2 is 2.04 bits per heavy atom. The van der Waals surface area contributed by atoms with E-state index in [9.17, 15) is 9.59 Å². The van der Waals surface area contributed by atoms with Gasteiger partial charge in [0.15, 0.2) is 0 Å². The molecule has 0 saturated heterocycles. The monoisotopic (exact) mass is 394 g/mol. The molecule has 8 heteroatoms. The normalized spacial score (nSPS) is 17.9. The van der Waals surface area contributed by atoms with Crippen molar-refractivity contribution in [1.29, 1.82) is 0 Å². The molecule has 0 radical (unpaired) electrons. The fourth-order valence-electron chi connectivity index (χ4n) is 3.98. The van der Waals surface area contributed by atoms with Gasteiger partial charge < -0.3 is 10.5 Å². The van der Waals surface area contributed by atoms with Crippen LogP contribution in [0.3, 0.4) is 0 Å². The first-order chi connectivity index (χ1) is 13.5. The van der Waals surface area contributed by atoms with Gasteiger partial charge in [-0.25, -0.2) is 4.79 Å². The third-order valence-electron chi connectivity index (χ3n) is 5.27. The number of rotatable bonds is 4. The minimum absolute atomic E-state index is 0.378. The molecule has 142 valence electrons. The van der Waals surface area contributed by atoms with Gasteiger partial charge in [0.25, 0.3) is 5.56 Å². The summed E-state index contributed by atoms with van der Waals surface area (Å²) in [4.78, 5) is 25.9. The summed E-state index contributed by atoms with van der Waals surface area (Å²) < 4.78 is 6.74. The van der Waals surface area contributed by atoms with E-state index in [1.807, 2.05) is 24.3 Å². The van der Waals surface area contributed by atoms with Crippen molar-refractivity contribution in [1.82, 2.24) is 14.8 Å². The second-order valence-electron chi connectivity index (χ2n) is 6.66. The molecule has 1 atom stereocenters. The zero-order chi connectivity index (χ0) is 19.9. The van der Waals surface area contributed by atoms with Gasteiger partial charge in [0.1, 0.15) is 11.9 Å². The van der Waals surface area contributed by atoms with E-state index in [0.717, 1.165) is 34.8 Å². The van der Waals surface area contributed by atoms with Crippen molar-refractivity contribution in [3.05, 3.63) is 86.2 Å². The standard InChI is InChI=1S/C20H18N4O3S/c1-27-16-10-13(24-19(26)23-17(25)11-22-24)6-7-15(16)20(18(21)28)9-8-12-4-2-3-5-14(12)20/h2-7,10-11H,8-9H2,1H3,(H2,21,28)(H,23,25,26). The number of aryl methyl sites for hydroxylation is 1. The van der Waals surface area contributed by atoms with Crippen LogP contribution in [0.15, 0.2) is 58.3 Å². The summed E-state index contributed by atoms with van der Waals surface area (Å²) in [6.45, 7) is 0. The summed E-state index contributed by atoms with van der Waals surface area (Å²) in [7, 11) is 1.56. The van der Waals surface area contributed by atoms with Gasteiger partial charge >= 0.3 is 5.69 Å². The topological polar surface area (TPSA) is 103 Å². The number of hydrogen-bond acceptors (Lipinski definition) is 5. The van der Waals surface area contributed by atoms with E-state index in [0.29, 0.717) is 16.4 Å². The van der Waals surface area contributed by atoms with Gasteiger partial charge in [-0.2, -0.15) is 9.78 Å². The fraction of sp³-hybridized carbons (Fsp3) is 0.200. The number of nitrogens with one attached hydrogen (secondary N) is 1. The van der Waals surface area contributed by atoms with Crippen LogP contribution in [0.25, 0.3) is 5.69 Å². The number of aromatic nitrogens is 3. The summed E-state index contributed by atoms with van der Waals surface area (Å²) in [5, 5.41) is 3.89. The molecule has 1 aromatic heterocycles. The first kappa shape index (κ1) is 18.1. The second-order valence-corrected chi connectivity index (χ2v) is 7.10. The highest BCUT2D eigenvalue weighted by molar-refractivity contribution is 7.80. The van der Waals surface area contributed by atoms with E-state index in [4.69, 9.17) is 22.7 Å². The lowest BCUT2D eigenvalue weighted by molar-refractivity contribution is 0.403. The number of fused-ring (bicyclic) bond motifs is 1. The second kappa shape index (κ2) is 6.72. The Morgan fingerprint density at radius 1 is 1.25 bits per heavy atom. The summed E-state index contributed by atoms with van der Waals surface area (Å²) >= 11 is 5.51. The van der Waals surface area contributed by atoms with Crippen LogP contribution >= 0.6 is 12.2 Å². The van der Waals surface area contributed by atoms with E-state index in [-0.39, 0.29) is 0 Å². The van der Waals surface area contributed by atoms with Crippen molar-refractivity contribution < 1.29 is 4.74 Å². The molecular weight excluding hydrogens is 376 g/mol. The Hall–Kier alpha value is -3.26. The quantitative estimate of drug-likeness (QED) is 0.649. The van der Waals surface area contributed by atoms with E-state index >= 15 is 0 Å². The van der Waals surface area contributed by atoms with Crippen molar-refractivity contribution in [2.45, 2.75) is 18.3 Å². The summed E-state index contributed by atoms with van der Waals surface area (Å²) in [6.07, 6.45) is 2.65.